The third-order valence-electron chi connectivity index (χ3n) is 18.6. The first-order valence-electron chi connectivity index (χ1n) is 33.0. The number of sulfonamides is 2. The molecule has 0 spiro atoms. The highest BCUT2D eigenvalue weighted by atomic mass is 35.5. The smallest absolute Gasteiger partial charge is 0.314 e. The number of unbranched alkanes of at least 4 members (excludes halogenated alkanes) is 1. The number of benzene rings is 4. The van der Waals surface area contributed by atoms with Crippen LogP contribution in [0.1, 0.15) is 98.0 Å². The van der Waals surface area contributed by atoms with E-state index in [9.17, 15) is 36.9 Å². The van der Waals surface area contributed by atoms with Gasteiger partial charge in [0.2, 0.25) is 20.0 Å². The molecule has 4 amide bonds. The summed E-state index contributed by atoms with van der Waals surface area (Å²) in [6, 6.07) is 24.5. The van der Waals surface area contributed by atoms with Gasteiger partial charge >= 0.3 is 12.1 Å². The van der Waals surface area contributed by atoms with Crippen molar-refractivity contribution in [2.24, 2.45) is 0 Å². The van der Waals surface area contributed by atoms with Crippen molar-refractivity contribution < 1.29 is 45.4 Å². The quantitative estimate of drug-likeness (QED) is 0.0332. The number of carbonyl (C=O) groups is 2. The fourth-order valence-corrected chi connectivity index (χ4v) is 16.7. The van der Waals surface area contributed by atoms with Crippen molar-refractivity contribution in [3.63, 3.8) is 0 Å². The zero-order valence-electron chi connectivity index (χ0n) is 53.7. The predicted molar refractivity (Wildman–Crippen MR) is 358 cm³/mol. The molecule has 94 heavy (non-hydrogen) atoms. The lowest BCUT2D eigenvalue weighted by atomic mass is 10.0. The Morgan fingerprint density at radius 2 is 0.936 bits per heavy atom. The zero-order valence-corrected chi connectivity index (χ0v) is 56.8. The van der Waals surface area contributed by atoms with Gasteiger partial charge in [0.25, 0.3) is 0 Å². The molecule has 4 fully saturated rings. The van der Waals surface area contributed by atoms with Crippen molar-refractivity contribution in [2.75, 3.05) is 131 Å². The van der Waals surface area contributed by atoms with E-state index in [4.69, 9.17) is 42.1 Å². The second-order valence-electron chi connectivity index (χ2n) is 25.3. The van der Waals surface area contributed by atoms with Crippen molar-refractivity contribution in [3.05, 3.63) is 116 Å². The van der Waals surface area contributed by atoms with E-state index in [1.807, 2.05) is 12.1 Å². The number of piperidine rings is 2. The molecule has 0 unspecified atom stereocenters. The summed E-state index contributed by atoms with van der Waals surface area (Å²) in [7, 11) is -7.57. The molecule has 0 aromatic heterocycles. The highest BCUT2D eigenvalue weighted by Crippen LogP contribution is 2.43. The Balaban J connectivity index is 0.514. The first-order chi connectivity index (χ1) is 45.4. The minimum Gasteiger partial charge on any atom is -0.484 e. The van der Waals surface area contributed by atoms with Crippen LogP contribution in [0.15, 0.2) is 82.6 Å². The fourth-order valence-electron chi connectivity index (χ4n) is 13.6. The molecule has 2 aliphatic carbocycles. The molecule has 4 aromatic rings. The van der Waals surface area contributed by atoms with Crippen LogP contribution in [0.3, 0.4) is 0 Å². The lowest BCUT2D eigenvalue weighted by Gasteiger charge is -2.38. The number of ether oxygens (including phenoxy) is 4. The summed E-state index contributed by atoms with van der Waals surface area (Å²) in [5.41, 5.74) is 4.78. The average molecular weight is 1370 g/mol. The van der Waals surface area contributed by atoms with Gasteiger partial charge in [-0.25, -0.2) is 35.9 Å². The van der Waals surface area contributed by atoms with Crippen molar-refractivity contribution in [2.45, 2.75) is 123 Å². The number of urea groups is 2. The Kier molecular flexibility index (Phi) is 25.5. The van der Waals surface area contributed by atoms with Crippen LogP contribution in [0.5, 0.6) is 11.5 Å². The van der Waals surface area contributed by atoms with E-state index in [0.29, 0.717) is 188 Å². The van der Waals surface area contributed by atoms with E-state index in [2.05, 4.69) is 86.9 Å². The molecule has 10 rings (SSSR count). The van der Waals surface area contributed by atoms with Crippen molar-refractivity contribution in [1.29, 1.82) is 10.5 Å². The van der Waals surface area contributed by atoms with Crippen LogP contribution in [-0.4, -0.2) is 216 Å². The summed E-state index contributed by atoms with van der Waals surface area (Å²) in [6.45, 7) is 16.9. The molecular weight excluding hydrogens is 1280 g/mol. The maximum absolute atomic E-state index is 13.5. The number of amides is 4. The molecule has 4 saturated heterocycles. The zero-order chi connectivity index (χ0) is 66.2. The average Bonchev–Trinajstić information content (AvgIpc) is 1.63. The minimum atomic E-state index is -3.79. The van der Waals surface area contributed by atoms with Gasteiger partial charge in [-0.1, -0.05) is 23.2 Å². The third kappa shape index (κ3) is 19.4. The molecular formula is C66H90Cl2N14O10S2. The highest BCUT2D eigenvalue weighted by Gasteiger charge is 2.43. The monoisotopic (exact) mass is 1370 g/mol. The molecule has 510 valence electrons. The van der Waals surface area contributed by atoms with E-state index in [1.165, 1.54) is 0 Å². The van der Waals surface area contributed by atoms with Crippen molar-refractivity contribution in [1.82, 2.24) is 60.9 Å². The predicted octanol–water partition coefficient (Wildman–Crippen LogP) is 5.01. The van der Waals surface area contributed by atoms with E-state index < -0.39 is 20.0 Å². The van der Waals surface area contributed by atoms with Gasteiger partial charge in [0, 0.05) is 113 Å². The number of fused-ring (bicyclic) bond motifs is 2. The number of carbonyl (C=O) groups excluding carboxylic acids is 2. The number of nitriles is 2. The number of nitrogens with one attached hydrogen (secondary N) is 8. The van der Waals surface area contributed by atoms with Gasteiger partial charge in [0.1, 0.15) is 23.7 Å². The summed E-state index contributed by atoms with van der Waals surface area (Å²) >= 11 is 12.9. The van der Waals surface area contributed by atoms with E-state index >= 15 is 0 Å². The van der Waals surface area contributed by atoms with Gasteiger partial charge in [-0.2, -0.15) is 10.5 Å². The number of nitrogens with zero attached hydrogens (tertiary/aromatic N) is 6. The molecule has 8 N–H and O–H groups in total. The first kappa shape index (κ1) is 70.9. The number of halogens is 2. The Labute approximate surface area is 563 Å². The van der Waals surface area contributed by atoms with Crippen LogP contribution in [-0.2, 0) is 42.4 Å². The molecule has 4 aliphatic heterocycles. The summed E-state index contributed by atoms with van der Waals surface area (Å²) in [5, 5.41) is 39.0. The second-order valence-corrected chi connectivity index (χ2v) is 29.6. The number of likely N-dealkylation sites (tertiary alicyclic amines) is 2. The van der Waals surface area contributed by atoms with Gasteiger partial charge in [-0.15, -0.1) is 0 Å². The third-order valence-corrected chi connectivity index (χ3v) is 22.1. The molecule has 6 atom stereocenters. The molecule has 0 bridgehead atoms. The van der Waals surface area contributed by atoms with Crippen LogP contribution in [0.2, 0.25) is 10.0 Å². The molecule has 4 aromatic carbocycles. The molecule has 28 heteroatoms. The van der Waals surface area contributed by atoms with Gasteiger partial charge in [-0.3, -0.25) is 9.80 Å². The standard InChI is InChI=1S/C66H90Cl2N14O10S2/c1-45-43-81(27-19-71-45)61-39-57-47(41-69)35-49(67)37-59(57)63(61)91-53-5-9-55(10-6-53)93(85,86)77-51-13-23-79(24-14-51)29-33-89-31-21-75-65(83)73-17-3-4-18-74-66(84)76-22-32-90-34-30-80-25-15-52(16-26-80)78-94(87,88)56-11-7-54(8-12-56)92-64-60-38-50(68)36-48(42-70)58(60)40-62(64)82-28-20-72-46(2)44-82/h5-12,35-38,45-46,51-52,61-64,71-72,77-78H,3-4,13-34,39-40,43-44H2,1-2H3,(H2,73,75,83)(H2,74,76,84)/t45-,46-,61+,62+,63+,64+/m1/s1. The normalized spacial score (nSPS) is 22.6. The van der Waals surface area contributed by atoms with Gasteiger partial charge < -0.3 is 60.6 Å². The SMILES string of the molecule is C[C@@H]1CN([C@H]2Cc3c(C#N)cc(Cl)cc3[C@@H]2Oc2ccc(S(=O)(=O)NC3CCN(CCOCCNC(=O)NCCCCNC(=O)NCCOCCN4CCC(NS(=O)(=O)c5ccc(O[C@H]6c7cc(Cl)cc(C#N)c7C[C@@H]6N6CCN[C@H](C)C6)cc5)CC4)CC3)cc2)CCN1. The van der Waals surface area contributed by atoms with Gasteiger partial charge in [0.05, 0.1) is 71.6 Å². The summed E-state index contributed by atoms with van der Waals surface area (Å²) in [4.78, 5) is 34.3. The number of piperazine rings is 2. The largest absolute Gasteiger partial charge is 0.484 e. The second kappa shape index (κ2) is 33.8. The van der Waals surface area contributed by atoms with Crippen LogP contribution in [0, 0.1) is 22.7 Å². The highest BCUT2D eigenvalue weighted by molar-refractivity contribution is 7.89. The molecule has 24 nitrogen and oxygen atoms in total. The van der Waals surface area contributed by atoms with Crippen LogP contribution in [0.25, 0.3) is 0 Å². The number of hydrogen-bond acceptors (Lipinski definition) is 18. The Morgan fingerprint density at radius 1 is 0.553 bits per heavy atom. The van der Waals surface area contributed by atoms with Crippen LogP contribution >= 0.6 is 23.2 Å². The van der Waals surface area contributed by atoms with E-state index in [-0.39, 0.29) is 58.2 Å². The van der Waals surface area contributed by atoms with E-state index in [0.717, 1.165) is 61.5 Å². The summed E-state index contributed by atoms with van der Waals surface area (Å²) in [6.07, 6.45) is 4.55. The Morgan fingerprint density at radius 3 is 1.31 bits per heavy atom. The maximum Gasteiger partial charge on any atom is 0.314 e. The summed E-state index contributed by atoms with van der Waals surface area (Å²) in [5.74, 6) is 1.07. The van der Waals surface area contributed by atoms with Crippen molar-refractivity contribution >= 4 is 55.3 Å². The van der Waals surface area contributed by atoms with Gasteiger partial charge in [-0.05, 0) is 186 Å². The Bertz CT molecular complexity index is 3290. The summed E-state index contributed by atoms with van der Waals surface area (Å²) < 4.78 is 84.7. The van der Waals surface area contributed by atoms with Crippen LogP contribution < -0.4 is 50.8 Å². The molecule has 6 aliphatic rings. The topological polar surface area (TPSA) is 296 Å². The number of rotatable bonds is 29. The van der Waals surface area contributed by atoms with Gasteiger partial charge in [0.15, 0.2) is 0 Å². The molecule has 4 heterocycles. The Hall–Kier alpha value is -5.92. The maximum atomic E-state index is 13.5. The van der Waals surface area contributed by atoms with Crippen molar-refractivity contribution in [3.8, 4) is 23.6 Å². The fraction of sp³-hybridized carbons (Fsp3) is 0.576. The van der Waals surface area contributed by atoms with Crippen LogP contribution in [0.4, 0.5) is 9.59 Å². The minimum absolute atomic E-state index is 0.00496. The molecule has 0 radical (unpaired) electrons. The first-order valence-corrected chi connectivity index (χ1v) is 36.8. The lowest BCUT2D eigenvalue weighted by molar-refractivity contribution is 0.0594. The lowest BCUT2D eigenvalue weighted by Crippen LogP contribution is -2.54. The number of hydrogen-bond donors (Lipinski definition) is 8. The van der Waals surface area contributed by atoms with E-state index in [1.54, 1.807) is 60.7 Å². The molecule has 0 saturated carbocycles.